The van der Waals surface area contributed by atoms with E-state index in [0.717, 1.165) is 55.5 Å². The molecule has 3 rings (SSSR count). The van der Waals surface area contributed by atoms with Gasteiger partial charge in [-0.2, -0.15) is 5.10 Å². The highest BCUT2D eigenvalue weighted by Crippen LogP contribution is 2.31. The summed E-state index contributed by atoms with van der Waals surface area (Å²) in [6, 6.07) is 6.56. The van der Waals surface area contributed by atoms with Crippen LogP contribution in [0, 0.1) is 6.92 Å². The van der Waals surface area contributed by atoms with Gasteiger partial charge in [0.05, 0.1) is 11.7 Å². The standard InChI is InChI=1S/C18H27N5O/c1-14-16-5-4-6-17(22(13-24)12-11-21(2)3)18(16)20-23(14)15-7-9-19-10-8-15/h4-6,13,15,19H,7-12H2,1-3H3. The number of hydrogen-bond donors (Lipinski definition) is 1. The number of nitrogens with one attached hydrogen (secondary N) is 1. The van der Waals surface area contributed by atoms with E-state index in [2.05, 4.69) is 27.9 Å². The fourth-order valence-electron chi connectivity index (χ4n) is 3.41. The van der Waals surface area contributed by atoms with Crippen molar-refractivity contribution < 1.29 is 4.79 Å². The maximum Gasteiger partial charge on any atom is 0.214 e. The maximum absolute atomic E-state index is 11.6. The van der Waals surface area contributed by atoms with E-state index in [9.17, 15) is 4.79 Å². The molecule has 2 heterocycles. The van der Waals surface area contributed by atoms with Gasteiger partial charge < -0.3 is 15.1 Å². The number of aryl methyl sites for hydroxylation is 1. The van der Waals surface area contributed by atoms with Crippen LogP contribution in [0.2, 0.25) is 0 Å². The third-order valence-corrected chi connectivity index (χ3v) is 4.84. The molecule has 1 amide bonds. The van der Waals surface area contributed by atoms with Crippen LogP contribution < -0.4 is 10.2 Å². The Morgan fingerprint density at radius 3 is 2.71 bits per heavy atom. The molecule has 2 aromatic rings. The van der Waals surface area contributed by atoms with Gasteiger partial charge in [-0.05, 0) is 53.0 Å². The molecule has 1 N–H and O–H groups in total. The van der Waals surface area contributed by atoms with Crippen molar-refractivity contribution in [2.45, 2.75) is 25.8 Å². The molecular formula is C18H27N5O. The Hall–Kier alpha value is -1.92. The summed E-state index contributed by atoms with van der Waals surface area (Å²) >= 11 is 0. The van der Waals surface area contributed by atoms with Crippen LogP contribution in [0.25, 0.3) is 10.9 Å². The largest absolute Gasteiger partial charge is 0.317 e. The molecule has 1 aromatic carbocycles. The number of amides is 1. The molecule has 130 valence electrons. The van der Waals surface area contributed by atoms with Crippen molar-refractivity contribution in [3.8, 4) is 0 Å². The average molecular weight is 329 g/mol. The first kappa shape index (κ1) is 16.9. The van der Waals surface area contributed by atoms with E-state index in [0.29, 0.717) is 12.6 Å². The topological polar surface area (TPSA) is 53.4 Å². The van der Waals surface area contributed by atoms with E-state index in [1.54, 1.807) is 4.90 Å². The van der Waals surface area contributed by atoms with Crippen LogP contribution in [0.5, 0.6) is 0 Å². The molecule has 24 heavy (non-hydrogen) atoms. The van der Waals surface area contributed by atoms with Crippen LogP contribution in [0.15, 0.2) is 18.2 Å². The molecule has 0 atom stereocenters. The Labute approximate surface area is 143 Å². The number of carbonyl (C=O) groups excluding carboxylic acids is 1. The molecule has 1 aromatic heterocycles. The van der Waals surface area contributed by atoms with Gasteiger partial charge in [0, 0.05) is 24.2 Å². The summed E-state index contributed by atoms with van der Waals surface area (Å²) in [5, 5.41) is 9.45. The van der Waals surface area contributed by atoms with Gasteiger partial charge in [-0.3, -0.25) is 9.48 Å². The molecule has 0 aliphatic carbocycles. The molecule has 6 nitrogen and oxygen atoms in total. The zero-order chi connectivity index (χ0) is 17.1. The number of rotatable bonds is 6. The van der Waals surface area contributed by atoms with Crippen LogP contribution in [0.1, 0.15) is 24.6 Å². The van der Waals surface area contributed by atoms with E-state index in [1.165, 1.54) is 5.69 Å². The van der Waals surface area contributed by atoms with Gasteiger partial charge in [0.25, 0.3) is 0 Å². The number of likely N-dealkylation sites (N-methyl/N-ethyl adjacent to an activating group) is 1. The van der Waals surface area contributed by atoms with Crippen LogP contribution in [0.3, 0.4) is 0 Å². The summed E-state index contributed by atoms with van der Waals surface area (Å²) in [7, 11) is 4.03. The molecule has 0 spiro atoms. The van der Waals surface area contributed by atoms with Gasteiger partial charge in [-0.15, -0.1) is 0 Å². The van der Waals surface area contributed by atoms with E-state index in [-0.39, 0.29) is 0 Å². The Balaban J connectivity index is 1.98. The number of piperidine rings is 1. The zero-order valence-corrected chi connectivity index (χ0v) is 14.8. The second-order valence-electron chi connectivity index (χ2n) is 6.79. The van der Waals surface area contributed by atoms with Crippen molar-refractivity contribution in [1.82, 2.24) is 20.0 Å². The zero-order valence-electron chi connectivity index (χ0n) is 14.8. The average Bonchev–Trinajstić information content (AvgIpc) is 2.94. The minimum absolute atomic E-state index is 0.443. The molecule has 1 fully saturated rings. The Bertz CT molecular complexity index is 703. The normalized spacial score (nSPS) is 16.0. The summed E-state index contributed by atoms with van der Waals surface area (Å²) in [5.41, 5.74) is 3.02. The lowest BCUT2D eigenvalue weighted by molar-refractivity contribution is -0.107. The molecule has 0 unspecified atom stereocenters. The van der Waals surface area contributed by atoms with Crippen LogP contribution in [-0.2, 0) is 4.79 Å². The molecule has 0 saturated carbocycles. The number of carbonyl (C=O) groups is 1. The van der Waals surface area contributed by atoms with Gasteiger partial charge in [0.15, 0.2) is 0 Å². The summed E-state index contributed by atoms with van der Waals surface area (Å²) in [5.74, 6) is 0. The van der Waals surface area contributed by atoms with Crippen molar-refractivity contribution in [2.75, 3.05) is 45.2 Å². The highest BCUT2D eigenvalue weighted by molar-refractivity contribution is 5.97. The summed E-state index contributed by atoms with van der Waals surface area (Å²) in [4.78, 5) is 15.5. The van der Waals surface area contributed by atoms with Crippen LogP contribution >= 0.6 is 0 Å². The third kappa shape index (κ3) is 3.30. The number of fused-ring (bicyclic) bond motifs is 1. The third-order valence-electron chi connectivity index (χ3n) is 4.84. The molecule has 0 radical (unpaired) electrons. The van der Waals surface area contributed by atoms with Gasteiger partial charge >= 0.3 is 0 Å². The molecular weight excluding hydrogens is 302 g/mol. The minimum atomic E-state index is 0.443. The highest BCUT2D eigenvalue weighted by atomic mass is 16.1. The summed E-state index contributed by atoms with van der Waals surface area (Å²) < 4.78 is 2.17. The first-order valence-electron chi connectivity index (χ1n) is 8.67. The molecule has 6 heteroatoms. The van der Waals surface area contributed by atoms with Crippen molar-refractivity contribution >= 4 is 23.0 Å². The molecule has 1 aliphatic heterocycles. The number of aromatic nitrogens is 2. The lowest BCUT2D eigenvalue weighted by Gasteiger charge is -2.24. The van der Waals surface area contributed by atoms with Crippen molar-refractivity contribution in [3.05, 3.63) is 23.9 Å². The second-order valence-corrected chi connectivity index (χ2v) is 6.79. The van der Waals surface area contributed by atoms with E-state index in [4.69, 9.17) is 5.10 Å². The van der Waals surface area contributed by atoms with Gasteiger partial charge in [-0.25, -0.2) is 0 Å². The molecule has 0 bridgehead atoms. The van der Waals surface area contributed by atoms with Gasteiger partial charge in [-0.1, -0.05) is 12.1 Å². The lowest BCUT2D eigenvalue weighted by Crippen LogP contribution is -2.31. The fraction of sp³-hybridized carbons (Fsp3) is 0.556. The van der Waals surface area contributed by atoms with Crippen LogP contribution in [0.4, 0.5) is 5.69 Å². The van der Waals surface area contributed by atoms with E-state index in [1.807, 2.05) is 26.2 Å². The van der Waals surface area contributed by atoms with Crippen LogP contribution in [-0.4, -0.2) is 61.4 Å². The fourth-order valence-corrected chi connectivity index (χ4v) is 3.41. The van der Waals surface area contributed by atoms with Crippen molar-refractivity contribution in [1.29, 1.82) is 0 Å². The SMILES string of the molecule is Cc1c2cccc(N(C=O)CCN(C)C)c2nn1C1CCNCC1. The summed E-state index contributed by atoms with van der Waals surface area (Å²) in [6.07, 6.45) is 3.11. The number of hydrogen-bond acceptors (Lipinski definition) is 4. The summed E-state index contributed by atoms with van der Waals surface area (Å²) in [6.45, 7) is 5.69. The quantitative estimate of drug-likeness (QED) is 0.821. The van der Waals surface area contributed by atoms with Gasteiger partial charge in [0.1, 0.15) is 5.52 Å². The second kappa shape index (κ2) is 7.32. The highest BCUT2D eigenvalue weighted by Gasteiger charge is 2.21. The first-order chi connectivity index (χ1) is 11.6. The Kier molecular flexibility index (Phi) is 5.16. The smallest absolute Gasteiger partial charge is 0.214 e. The predicted molar refractivity (Wildman–Crippen MR) is 97.6 cm³/mol. The van der Waals surface area contributed by atoms with Crippen molar-refractivity contribution in [2.24, 2.45) is 0 Å². The number of benzene rings is 1. The number of nitrogens with zero attached hydrogens (tertiary/aromatic N) is 4. The Morgan fingerprint density at radius 1 is 1.29 bits per heavy atom. The number of anilines is 1. The van der Waals surface area contributed by atoms with E-state index < -0.39 is 0 Å². The molecule has 1 saturated heterocycles. The monoisotopic (exact) mass is 329 g/mol. The minimum Gasteiger partial charge on any atom is -0.317 e. The lowest BCUT2D eigenvalue weighted by atomic mass is 10.1. The van der Waals surface area contributed by atoms with Gasteiger partial charge in [0.2, 0.25) is 6.41 Å². The van der Waals surface area contributed by atoms with Crippen molar-refractivity contribution in [3.63, 3.8) is 0 Å². The molecule has 1 aliphatic rings. The predicted octanol–water partition coefficient (Wildman–Crippen LogP) is 1.79. The maximum atomic E-state index is 11.6. The Morgan fingerprint density at radius 2 is 2.04 bits per heavy atom. The first-order valence-corrected chi connectivity index (χ1v) is 8.67. The van der Waals surface area contributed by atoms with E-state index >= 15 is 0 Å².